The molecule has 0 unspecified atom stereocenters. The summed E-state index contributed by atoms with van der Waals surface area (Å²) in [5.41, 5.74) is 1.50. The molecule has 0 bridgehead atoms. The van der Waals surface area contributed by atoms with Gasteiger partial charge < -0.3 is 0 Å². The van der Waals surface area contributed by atoms with E-state index in [1.807, 2.05) is 12.3 Å². The van der Waals surface area contributed by atoms with Crippen LogP contribution < -0.4 is 4.83 Å². The van der Waals surface area contributed by atoms with Gasteiger partial charge in [-0.25, -0.2) is 9.82 Å². The second kappa shape index (κ2) is 5.71. The lowest BCUT2D eigenvalue weighted by Gasteiger charge is -2.03. The van der Waals surface area contributed by atoms with Gasteiger partial charge in [0.15, 0.2) is 10.1 Å². The number of aromatic nitrogens is 2. The molecule has 0 fully saturated rings. The lowest BCUT2D eigenvalue weighted by Crippen LogP contribution is -2.18. The van der Waals surface area contributed by atoms with Crippen LogP contribution in [0.15, 0.2) is 45.8 Å². The Labute approximate surface area is 136 Å². The fraction of sp³-hybridized carbons (Fsp3) is 0.0769. The summed E-state index contributed by atoms with van der Waals surface area (Å²) in [7, 11) is -3.70. The first kappa shape index (κ1) is 15.0. The summed E-state index contributed by atoms with van der Waals surface area (Å²) >= 11 is 7.43. The van der Waals surface area contributed by atoms with E-state index in [1.165, 1.54) is 29.7 Å². The largest absolute Gasteiger partial charge is 0.288 e. The van der Waals surface area contributed by atoms with Crippen molar-refractivity contribution in [2.24, 2.45) is 5.10 Å². The summed E-state index contributed by atoms with van der Waals surface area (Å²) in [6.07, 6.45) is 3.12. The lowest BCUT2D eigenvalue weighted by atomic mass is 10.2. The van der Waals surface area contributed by atoms with Crippen LogP contribution in [0, 0.1) is 6.92 Å². The van der Waals surface area contributed by atoms with Crippen molar-refractivity contribution in [3.63, 3.8) is 0 Å². The maximum Gasteiger partial charge on any atom is 0.276 e. The van der Waals surface area contributed by atoms with Crippen LogP contribution in [0.5, 0.6) is 0 Å². The van der Waals surface area contributed by atoms with Crippen molar-refractivity contribution in [3.8, 4) is 0 Å². The lowest BCUT2D eigenvalue weighted by molar-refractivity contribution is 0.584. The zero-order valence-corrected chi connectivity index (χ0v) is 13.8. The summed E-state index contributed by atoms with van der Waals surface area (Å²) < 4.78 is 25.9. The highest BCUT2D eigenvalue weighted by atomic mass is 35.5. The normalized spacial score (nSPS) is 12.3. The van der Waals surface area contributed by atoms with Crippen LogP contribution in [0.4, 0.5) is 0 Å². The Kier molecular flexibility index (Phi) is 3.90. The molecule has 9 heteroatoms. The second-order valence-electron chi connectivity index (χ2n) is 4.51. The van der Waals surface area contributed by atoms with Crippen LogP contribution in [-0.2, 0) is 10.0 Å². The monoisotopic (exact) mass is 354 g/mol. The molecule has 22 heavy (non-hydrogen) atoms. The van der Waals surface area contributed by atoms with Crippen molar-refractivity contribution >= 4 is 44.1 Å². The van der Waals surface area contributed by atoms with Gasteiger partial charge >= 0.3 is 0 Å². The molecule has 0 radical (unpaired) electrons. The standard InChI is InChI=1S/C13H11ClN4O2S2/c1-9-2-4-10(5-3-9)22(19,20)17-15-8-11-12(14)16-13-18(11)6-7-21-13/h2-8,17H,1H3. The van der Waals surface area contributed by atoms with E-state index in [9.17, 15) is 8.42 Å². The Balaban J connectivity index is 1.83. The quantitative estimate of drug-likeness (QED) is 0.578. The van der Waals surface area contributed by atoms with Gasteiger partial charge in [-0.2, -0.15) is 13.5 Å². The maximum atomic E-state index is 12.1. The number of fused-ring (bicyclic) bond motifs is 1. The molecular weight excluding hydrogens is 344 g/mol. The van der Waals surface area contributed by atoms with E-state index in [2.05, 4.69) is 14.9 Å². The van der Waals surface area contributed by atoms with Crippen LogP contribution in [0.3, 0.4) is 0 Å². The van der Waals surface area contributed by atoms with Gasteiger partial charge in [0.2, 0.25) is 0 Å². The zero-order valence-electron chi connectivity index (χ0n) is 11.4. The van der Waals surface area contributed by atoms with E-state index in [0.29, 0.717) is 10.7 Å². The number of hydrogen-bond donors (Lipinski definition) is 1. The number of benzene rings is 1. The molecule has 0 spiro atoms. The summed E-state index contributed by atoms with van der Waals surface area (Å²) in [4.78, 5) is 7.16. The number of rotatable bonds is 4. The van der Waals surface area contributed by atoms with E-state index < -0.39 is 10.0 Å². The van der Waals surface area contributed by atoms with E-state index in [4.69, 9.17) is 11.6 Å². The Morgan fingerprint density at radius 1 is 1.36 bits per heavy atom. The molecule has 2 aromatic heterocycles. The third-order valence-corrected chi connectivity index (χ3v) is 5.22. The van der Waals surface area contributed by atoms with Crippen LogP contribution in [0.2, 0.25) is 5.15 Å². The number of hydrogen-bond acceptors (Lipinski definition) is 5. The SMILES string of the molecule is Cc1ccc(S(=O)(=O)NN=Cc2c(Cl)nc3sccn23)cc1. The first-order valence-electron chi connectivity index (χ1n) is 6.20. The molecule has 0 saturated heterocycles. The molecule has 0 aliphatic heterocycles. The fourth-order valence-electron chi connectivity index (χ4n) is 1.82. The molecule has 1 N–H and O–H groups in total. The maximum absolute atomic E-state index is 12.1. The highest BCUT2D eigenvalue weighted by Gasteiger charge is 2.13. The number of hydrazone groups is 1. The Morgan fingerprint density at radius 3 is 2.82 bits per heavy atom. The highest BCUT2D eigenvalue weighted by Crippen LogP contribution is 2.19. The highest BCUT2D eigenvalue weighted by molar-refractivity contribution is 7.89. The number of imidazole rings is 1. The number of halogens is 1. The molecule has 3 aromatic rings. The van der Waals surface area contributed by atoms with Gasteiger partial charge in [0.05, 0.1) is 11.1 Å². The van der Waals surface area contributed by atoms with Crippen LogP contribution in [-0.4, -0.2) is 24.0 Å². The molecule has 0 atom stereocenters. The van der Waals surface area contributed by atoms with Crippen LogP contribution in [0.25, 0.3) is 4.96 Å². The van der Waals surface area contributed by atoms with Crippen molar-refractivity contribution in [2.75, 3.05) is 0 Å². The average molecular weight is 355 g/mol. The third kappa shape index (κ3) is 2.85. The van der Waals surface area contributed by atoms with E-state index in [0.717, 1.165) is 5.56 Å². The van der Waals surface area contributed by atoms with Gasteiger partial charge in [0, 0.05) is 11.6 Å². The molecule has 3 rings (SSSR count). The van der Waals surface area contributed by atoms with Crippen LogP contribution in [0.1, 0.15) is 11.3 Å². The van der Waals surface area contributed by atoms with Gasteiger partial charge in [-0.15, -0.1) is 11.3 Å². The second-order valence-corrected chi connectivity index (χ2v) is 7.40. The molecule has 0 aliphatic carbocycles. The number of sulfonamides is 1. The van der Waals surface area contributed by atoms with Crippen LogP contribution >= 0.6 is 22.9 Å². The van der Waals surface area contributed by atoms with Crippen molar-refractivity contribution in [1.82, 2.24) is 14.2 Å². The smallest absolute Gasteiger partial charge is 0.276 e. The van der Waals surface area contributed by atoms with Crippen molar-refractivity contribution < 1.29 is 8.42 Å². The summed E-state index contributed by atoms with van der Waals surface area (Å²) in [5.74, 6) is 0. The first-order valence-corrected chi connectivity index (χ1v) is 8.94. The van der Waals surface area contributed by atoms with E-state index in [1.54, 1.807) is 22.7 Å². The number of nitrogens with zero attached hydrogens (tertiary/aromatic N) is 3. The van der Waals surface area contributed by atoms with Gasteiger partial charge in [-0.1, -0.05) is 29.3 Å². The molecule has 0 aliphatic rings. The summed E-state index contributed by atoms with van der Waals surface area (Å²) in [6, 6.07) is 6.49. The minimum atomic E-state index is -3.70. The molecule has 2 heterocycles. The van der Waals surface area contributed by atoms with Gasteiger partial charge in [0.1, 0.15) is 5.69 Å². The topological polar surface area (TPSA) is 75.8 Å². The zero-order chi connectivity index (χ0) is 15.7. The van der Waals surface area contributed by atoms with Gasteiger partial charge in [0.25, 0.3) is 10.0 Å². The number of thiazole rings is 1. The van der Waals surface area contributed by atoms with Crippen molar-refractivity contribution in [2.45, 2.75) is 11.8 Å². The summed E-state index contributed by atoms with van der Waals surface area (Å²) in [5, 5.41) is 5.89. The molecule has 0 amide bonds. The molecule has 1 aromatic carbocycles. The predicted molar refractivity (Wildman–Crippen MR) is 87.2 cm³/mol. The Morgan fingerprint density at radius 2 is 2.09 bits per heavy atom. The molecule has 6 nitrogen and oxygen atoms in total. The third-order valence-electron chi connectivity index (χ3n) is 2.95. The van der Waals surface area contributed by atoms with Crippen molar-refractivity contribution in [1.29, 1.82) is 0 Å². The van der Waals surface area contributed by atoms with E-state index >= 15 is 0 Å². The molecule has 0 saturated carbocycles. The predicted octanol–water partition coefficient (Wildman–Crippen LogP) is 2.67. The average Bonchev–Trinajstić information content (AvgIpc) is 3.02. The van der Waals surface area contributed by atoms with E-state index in [-0.39, 0.29) is 10.0 Å². The van der Waals surface area contributed by atoms with Crippen molar-refractivity contribution in [3.05, 3.63) is 52.3 Å². The minimum absolute atomic E-state index is 0.148. The van der Waals surface area contributed by atoms with Gasteiger partial charge in [-0.05, 0) is 19.1 Å². The Hall–Kier alpha value is -1.90. The van der Waals surface area contributed by atoms with Gasteiger partial charge in [-0.3, -0.25) is 4.40 Å². The number of aryl methyl sites for hydroxylation is 1. The summed E-state index contributed by atoms with van der Waals surface area (Å²) in [6.45, 7) is 1.88. The minimum Gasteiger partial charge on any atom is -0.288 e. The molecular formula is C13H11ClN4O2S2. The molecule has 114 valence electrons. The number of nitrogens with one attached hydrogen (secondary N) is 1. The Bertz CT molecular complexity index is 942. The fourth-order valence-corrected chi connectivity index (χ4v) is 3.60. The first-order chi connectivity index (χ1) is 10.5.